The van der Waals surface area contributed by atoms with Crippen LogP contribution in [0, 0.1) is 0 Å². The number of benzene rings is 8. The highest BCUT2D eigenvalue weighted by atomic mass is 14.9. The highest BCUT2D eigenvalue weighted by Crippen LogP contribution is 2.53. The normalized spacial score (nSPS) is 12.9. The lowest BCUT2D eigenvalue weighted by atomic mass is 9.81. The Morgan fingerprint density at radius 3 is 1.72 bits per heavy atom. The van der Waals surface area contributed by atoms with Crippen molar-refractivity contribution in [1.29, 1.82) is 0 Å². The van der Waals surface area contributed by atoms with E-state index in [0.29, 0.717) is 5.82 Å². The molecule has 0 aliphatic heterocycles. The van der Waals surface area contributed by atoms with Crippen molar-refractivity contribution >= 4 is 21.5 Å². The fourth-order valence-corrected chi connectivity index (χ4v) is 8.40. The van der Waals surface area contributed by atoms with Gasteiger partial charge in [-0.2, -0.15) is 0 Å². The zero-order chi connectivity index (χ0) is 35.5. The molecule has 1 aliphatic carbocycles. The molecule has 250 valence electrons. The van der Waals surface area contributed by atoms with Crippen molar-refractivity contribution in [3.63, 3.8) is 0 Å². The summed E-state index contributed by atoms with van der Waals surface area (Å²) < 4.78 is 0. The molecular formula is C51H36N2. The number of nitrogens with zero attached hydrogens (tertiary/aromatic N) is 2. The van der Waals surface area contributed by atoms with Crippen molar-refractivity contribution < 1.29 is 0 Å². The van der Waals surface area contributed by atoms with Crippen LogP contribution in [0.4, 0.5) is 0 Å². The molecule has 0 saturated heterocycles. The molecule has 10 rings (SSSR count). The number of hydrogen-bond donors (Lipinski definition) is 0. The summed E-state index contributed by atoms with van der Waals surface area (Å²) in [6, 6.07) is 65.4. The van der Waals surface area contributed by atoms with E-state index >= 15 is 0 Å². The minimum atomic E-state index is -0.104. The molecule has 2 nitrogen and oxygen atoms in total. The zero-order valence-corrected chi connectivity index (χ0v) is 29.7. The minimum Gasteiger partial charge on any atom is -0.228 e. The zero-order valence-electron chi connectivity index (χ0n) is 29.7. The topological polar surface area (TPSA) is 25.8 Å². The molecule has 53 heavy (non-hydrogen) atoms. The summed E-state index contributed by atoms with van der Waals surface area (Å²) in [6.45, 7) is 4.71. The summed E-state index contributed by atoms with van der Waals surface area (Å²) in [4.78, 5) is 10.5. The Morgan fingerprint density at radius 1 is 0.358 bits per heavy atom. The van der Waals surface area contributed by atoms with Crippen LogP contribution in [0.3, 0.4) is 0 Å². The average molecular weight is 677 g/mol. The van der Waals surface area contributed by atoms with E-state index in [-0.39, 0.29) is 5.41 Å². The first-order chi connectivity index (χ1) is 26.0. The molecule has 0 bridgehead atoms. The maximum atomic E-state index is 5.23. The highest BCUT2D eigenvalue weighted by Gasteiger charge is 2.37. The van der Waals surface area contributed by atoms with Crippen LogP contribution < -0.4 is 0 Å². The molecule has 0 N–H and O–H groups in total. The van der Waals surface area contributed by atoms with Crippen molar-refractivity contribution in [3.05, 3.63) is 193 Å². The number of aromatic nitrogens is 2. The van der Waals surface area contributed by atoms with Gasteiger partial charge in [0.2, 0.25) is 0 Å². The van der Waals surface area contributed by atoms with E-state index in [1.807, 2.05) is 18.2 Å². The summed E-state index contributed by atoms with van der Waals surface area (Å²) in [5.74, 6) is 0.711. The SMILES string of the molecule is CC1(C)c2cc3ccccc3cc2-c2c(-c3cccc(-c4cc(-c5ccc(-c6ccccc6)c6ccccc56)nc(-c5ccccc5)n4)c3)cccc21. The van der Waals surface area contributed by atoms with Crippen molar-refractivity contribution in [1.82, 2.24) is 9.97 Å². The van der Waals surface area contributed by atoms with Gasteiger partial charge in [-0.3, -0.25) is 0 Å². The number of fused-ring (bicyclic) bond motifs is 5. The van der Waals surface area contributed by atoms with Crippen molar-refractivity contribution in [2.24, 2.45) is 0 Å². The summed E-state index contributed by atoms with van der Waals surface area (Å²) >= 11 is 0. The maximum absolute atomic E-state index is 5.23. The Bertz CT molecular complexity index is 2850. The standard InChI is InChI=1S/C51H36N2/c1-51(2)45-26-14-25-40(49(45)44-30-35-19-9-10-20-36(35)31-46(44)51)37-21-13-22-38(29-37)47-32-48(53-50(52-47)34-17-7-4-8-18-34)43-28-27-39(33-15-5-3-6-16-33)41-23-11-12-24-42(41)43/h3-32H,1-2H3. The van der Waals surface area contributed by atoms with Crippen LogP contribution >= 0.6 is 0 Å². The fourth-order valence-electron chi connectivity index (χ4n) is 8.40. The molecule has 0 saturated carbocycles. The Balaban J connectivity index is 1.15. The third-order valence-corrected chi connectivity index (χ3v) is 11.1. The third-order valence-electron chi connectivity index (χ3n) is 11.1. The molecule has 1 aliphatic rings. The van der Waals surface area contributed by atoms with Crippen LogP contribution in [0.15, 0.2) is 182 Å². The molecule has 9 aromatic rings. The first-order valence-corrected chi connectivity index (χ1v) is 18.3. The van der Waals surface area contributed by atoms with E-state index in [4.69, 9.17) is 9.97 Å². The third kappa shape index (κ3) is 5.18. The maximum Gasteiger partial charge on any atom is 0.160 e. The lowest BCUT2D eigenvalue weighted by Crippen LogP contribution is -2.14. The average Bonchev–Trinajstić information content (AvgIpc) is 3.45. The second-order valence-corrected chi connectivity index (χ2v) is 14.6. The first kappa shape index (κ1) is 31.1. The van der Waals surface area contributed by atoms with Gasteiger partial charge in [0.1, 0.15) is 0 Å². The van der Waals surface area contributed by atoms with Gasteiger partial charge in [-0.25, -0.2) is 9.97 Å². The molecule has 0 spiro atoms. The van der Waals surface area contributed by atoms with E-state index in [0.717, 1.165) is 28.1 Å². The van der Waals surface area contributed by atoms with Gasteiger partial charge in [0, 0.05) is 22.1 Å². The molecule has 8 aromatic carbocycles. The van der Waals surface area contributed by atoms with Crippen LogP contribution in [0.1, 0.15) is 25.0 Å². The molecule has 0 unspecified atom stereocenters. The summed E-state index contributed by atoms with van der Waals surface area (Å²) in [6.07, 6.45) is 0. The van der Waals surface area contributed by atoms with E-state index < -0.39 is 0 Å². The predicted octanol–water partition coefficient (Wildman–Crippen LogP) is 13.4. The van der Waals surface area contributed by atoms with Gasteiger partial charge < -0.3 is 0 Å². The minimum absolute atomic E-state index is 0.104. The molecule has 0 fully saturated rings. The van der Waals surface area contributed by atoms with Crippen LogP contribution in [-0.2, 0) is 5.41 Å². The molecule has 2 heteroatoms. The Kier molecular flexibility index (Phi) is 7.19. The second-order valence-electron chi connectivity index (χ2n) is 14.6. The van der Waals surface area contributed by atoms with E-state index in [1.165, 1.54) is 66.1 Å². The van der Waals surface area contributed by atoms with Crippen LogP contribution in [-0.4, -0.2) is 9.97 Å². The van der Waals surface area contributed by atoms with Gasteiger partial charge in [0.15, 0.2) is 5.82 Å². The molecule has 1 heterocycles. The van der Waals surface area contributed by atoms with Crippen molar-refractivity contribution in [3.8, 4) is 67.3 Å². The molecule has 0 radical (unpaired) electrons. The fraction of sp³-hybridized carbons (Fsp3) is 0.0588. The van der Waals surface area contributed by atoms with Crippen LogP contribution in [0.5, 0.6) is 0 Å². The van der Waals surface area contributed by atoms with Gasteiger partial charge in [-0.1, -0.05) is 172 Å². The van der Waals surface area contributed by atoms with Crippen molar-refractivity contribution in [2.75, 3.05) is 0 Å². The summed E-state index contributed by atoms with van der Waals surface area (Å²) in [7, 11) is 0. The number of hydrogen-bond acceptors (Lipinski definition) is 2. The molecule has 0 amide bonds. The monoisotopic (exact) mass is 676 g/mol. The van der Waals surface area contributed by atoms with E-state index in [2.05, 4.69) is 178 Å². The Morgan fingerprint density at radius 2 is 0.943 bits per heavy atom. The van der Waals surface area contributed by atoms with Gasteiger partial charge in [0.25, 0.3) is 0 Å². The van der Waals surface area contributed by atoms with Gasteiger partial charge in [0.05, 0.1) is 11.4 Å². The van der Waals surface area contributed by atoms with Crippen molar-refractivity contribution in [2.45, 2.75) is 19.3 Å². The van der Waals surface area contributed by atoms with E-state index in [1.54, 1.807) is 0 Å². The second kappa shape index (κ2) is 12.3. The lowest BCUT2D eigenvalue weighted by molar-refractivity contribution is 0.661. The Hall–Kier alpha value is -6.64. The van der Waals surface area contributed by atoms with E-state index in [9.17, 15) is 0 Å². The first-order valence-electron chi connectivity index (χ1n) is 18.3. The molecule has 1 aromatic heterocycles. The van der Waals surface area contributed by atoms with Crippen LogP contribution in [0.2, 0.25) is 0 Å². The summed E-state index contributed by atoms with van der Waals surface area (Å²) in [5.41, 5.74) is 15.1. The van der Waals surface area contributed by atoms with Crippen LogP contribution in [0.25, 0.3) is 88.8 Å². The predicted molar refractivity (Wildman–Crippen MR) is 222 cm³/mol. The largest absolute Gasteiger partial charge is 0.228 e. The Labute approximate surface area is 310 Å². The van der Waals surface area contributed by atoms with Gasteiger partial charge in [-0.15, -0.1) is 0 Å². The lowest BCUT2D eigenvalue weighted by Gasteiger charge is -2.22. The highest BCUT2D eigenvalue weighted by molar-refractivity contribution is 6.05. The van der Waals surface area contributed by atoms with Gasteiger partial charge in [-0.05, 0) is 90.3 Å². The van der Waals surface area contributed by atoms with Gasteiger partial charge >= 0.3 is 0 Å². The molecular weight excluding hydrogens is 641 g/mol. The number of rotatable bonds is 5. The molecule has 0 atom stereocenters. The quantitative estimate of drug-likeness (QED) is 0.181. The summed E-state index contributed by atoms with van der Waals surface area (Å²) in [5, 5.41) is 4.92. The smallest absolute Gasteiger partial charge is 0.160 e.